The van der Waals surface area contributed by atoms with Crippen molar-refractivity contribution in [2.24, 2.45) is 5.73 Å². The van der Waals surface area contributed by atoms with Crippen molar-refractivity contribution in [2.75, 3.05) is 13.1 Å². The van der Waals surface area contributed by atoms with E-state index in [9.17, 15) is 8.42 Å². The van der Waals surface area contributed by atoms with E-state index in [1.54, 1.807) is 13.0 Å². The standard InChI is InChI=1S/C13H17N3O2S/c1-10-7-11(8-14)4-5-13(10)19(17,18)16-6-2-3-12(16)9-15/h4-5,7,12H,2-3,6,9,15H2,1H3/t12-/m0/s1. The maximum Gasteiger partial charge on any atom is 0.243 e. The Hall–Kier alpha value is -1.42. The fourth-order valence-corrected chi connectivity index (χ4v) is 4.41. The largest absolute Gasteiger partial charge is 0.329 e. The van der Waals surface area contributed by atoms with Crippen LogP contribution < -0.4 is 5.73 Å². The molecule has 0 bridgehead atoms. The van der Waals surface area contributed by atoms with E-state index >= 15 is 0 Å². The van der Waals surface area contributed by atoms with Crippen LogP contribution in [0.1, 0.15) is 24.0 Å². The third-order valence-corrected chi connectivity index (χ3v) is 5.60. The first-order chi connectivity index (χ1) is 9.00. The van der Waals surface area contributed by atoms with Gasteiger partial charge in [0.25, 0.3) is 0 Å². The van der Waals surface area contributed by atoms with Gasteiger partial charge in [0, 0.05) is 19.1 Å². The molecule has 1 heterocycles. The lowest BCUT2D eigenvalue weighted by atomic mass is 10.2. The number of hydrogen-bond donors (Lipinski definition) is 1. The van der Waals surface area contributed by atoms with Gasteiger partial charge in [-0.25, -0.2) is 8.42 Å². The van der Waals surface area contributed by atoms with Crippen molar-refractivity contribution < 1.29 is 8.42 Å². The molecule has 0 saturated carbocycles. The van der Waals surface area contributed by atoms with Crippen LogP contribution in [0.4, 0.5) is 0 Å². The number of sulfonamides is 1. The molecule has 0 radical (unpaired) electrons. The van der Waals surface area contributed by atoms with Crippen molar-refractivity contribution in [3.05, 3.63) is 29.3 Å². The minimum absolute atomic E-state index is 0.111. The summed E-state index contributed by atoms with van der Waals surface area (Å²) in [4.78, 5) is 0.270. The highest BCUT2D eigenvalue weighted by Crippen LogP contribution is 2.27. The monoisotopic (exact) mass is 279 g/mol. The number of aryl methyl sites for hydroxylation is 1. The first-order valence-electron chi connectivity index (χ1n) is 6.23. The molecule has 1 atom stereocenters. The van der Waals surface area contributed by atoms with Gasteiger partial charge >= 0.3 is 0 Å². The van der Waals surface area contributed by atoms with Crippen LogP contribution in [0.5, 0.6) is 0 Å². The minimum Gasteiger partial charge on any atom is -0.329 e. The van der Waals surface area contributed by atoms with Gasteiger partial charge in [0.2, 0.25) is 10.0 Å². The summed E-state index contributed by atoms with van der Waals surface area (Å²) in [6, 6.07) is 6.54. The number of nitriles is 1. The number of rotatable bonds is 3. The predicted octanol–water partition coefficient (Wildman–Crippen LogP) is 0.979. The SMILES string of the molecule is Cc1cc(C#N)ccc1S(=O)(=O)N1CCC[C@H]1CN. The van der Waals surface area contributed by atoms with Gasteiger partial charge in [0.05, 0.1) is 16.5 Å². The molecule has 2 N–H and O–H groups in total. The van der Waals surface area contributed by atoms with Gasteiger partial charge in [0.15, 0.2) is 0 Å². The van der Waals surface area contributed by atoms with Crippen molar-refractivity contribution >= 4 is 10.0 Å². The van der Waals surface area contributed by atoms with Gasteiger partial charge in [-0.05, 0) is 43.5 Å². The Balaban J connectivity index is 2.43. The van der Waals surface area contributed by atoms with Gasteiger partial charge in [-0.1, -0.05) is 0 Å². The molecule has 1 aliphatic rings. The second kappa shape index (κ2) is 5.29. The second-order valence-corrected chi connectivity index (χ2v) is 6.60. The van der Waals surface area contributed by atoms with Crippen LogP contribution in [0.2, 0.25) is 0 Å². The molecule has 5 nitrogen and oxygen atoms in total. The smallest absolute Gasteiger partial charge is 0.243 e. The van der Waals surface area contributed by atoms with Crippen LogP contribution in [0, 0.1) is 18.3 Å². The van der Waals surface area contributed by atoms with Gasteiger partial charge in [-0.2, -0.15) is 9.57 Å². The van der Waals surface area contributed by atoms with Gasteiger partial charge in [-0.3, -0.25) is 0 Å². The van der Waals surface area contributed by atoms with Crippen LogP contribution in [-0.2, 0) is 10.0 Å². The first kappa shape index (κ1) is 14.0. The lowest BCUT2D eigenvalue weighted by Gasteiger charge is -2.23. The van der Waals surface area contributed by atoms with Crippen LogP contribution in [0.3, 0.4) is 0 Å². The van der Waals surface area contributed by atoms with E-state index in [4.69, 9.17) is 11.0 Å². The molecule has 1 aromatic carbocycles. The molecule has 0 spiro atoms. The molecule has 19 heavy (non-hydrogen) atoms. The second-order valence-electron chi connectivity index (χ2n) is 4.74. The zero-order valence-electron chi connectivity index (χ0n) is 10.8. The lowest BCUT2D eigenvalue weighted by molar-refractivity contribution is 0.393. The van der Waals surface area contributed by atoms with E-state index in [1.807, 2.05) is 6.07 Å². The van der Waals surface area contributed by atoms with E-state index in [1.165, 1.54) is 16.4 Å². The summed E-state index contributed by atoms with van der Waals surface area (Å²) in [6.07, 6.45) is 1.65. The molecular weight excluding hydrogens is 262 g/mol. The van der Waals surface area contributed by atoms with Crippen molar-refractivity contribution in [2.45, 2.75) is 30.7 Å². The summed E-state index contributed by atoms with van der Waals surface area (Å²) in [5.74, 6) is 0. The molecule has 0 amide bonds. The molecule has 1 aromatic rings. The van der Waals surface area contributed by atoms with Crippen molar-refractivity contribution in [3.63, 3.8) is 0 Å². The third kappa shape index (κ3) is 2.50. The number of nitrogens with zero attached hydrogens (tertiary/aromatic N) is 2. The fourth-order valence-electron chi connectivity index (χ4n) is 2.50. The number of benzene rings is 1. The van der Waals surface area contributed by atoms with E-state index in [-0.39, 0.29) is 10.9 Å². The summed E-state index contributed by atoms with van der Waals surface area (Å²) >= 11 is 0. The topological polar surface area (TPSA) is 87.2 Å². The van der Waals surface area contributed by atoms with Crippen LogP contribution >= 0.6 is 0 Å². The summed E-state index contributed by atoms with van der Waals surface area (Å²) in [5.41, 5.74) is 6.70. The first-order valence-corrected chi connectivity index (χ1v) is 7.67. The molecule has 1 aliphatic heterocycles. The molecular formula is C13H17N3O2S. The van der Waals surface area contributed by atoms with Crippen molar-refractivity contribution in [3.8, 4) is 6.07 Å². The van der Waals surface area contributed by atoms with Gasteiger partial charge in [-0.15, -0.1) is 0 Å². The molecule has 1 saturated heterocycles. The number of hydrogen-bond acceptors (Lipinski definition) is 4. The average Bonchev–Trinajstić information content (AvgIpc) is 2.87. The molecule has 1 fully saturated rings. The van der Waals surface area contributed by atoms with Crippen LogP contribution in [-0.4, -0.2) is 31.9 Å². The summed E-state index contributed by atoms with van der Waals surface area (Å²) < 4.78 is 26.7. The summed E-state index contributed by atoms with van der Waals surface area (Å²) in [5, 5.41) is 8.82. The van der Waals surface area contributed by atoms with Crippen molar-refractivity contribution in [1.29, 1.82) is 5.26 Å². The quantitative estimate of drug-likeness (QED) is 0.893. The third-order valence-electron chi connectivity index (χ3n) is 3.49. The lowest BCUT2D eigenvalue weighted by Crippen LogP contribution is -2.40. The zero-order chi connectivity index (χ0) is 14.0. The molecule has 0 aromatic heterocycles. The Labute approximate surface area is 113 Å². The molecule has 2 rings (SSSR count). The maximum absolute atomic E-state index is 12.6. The Morgan fingerprint density at radius 2 is 2.26 bits per heavy atom. The zero-order valence-corrected chi connectivity index (χ0v) is 11.7. The predicted molar refractivity (Wildman–Crippen MR) is 71.9 cm³/mol. The van der Waals surface area contributed by atoms with E-state index in [2.05, 4.69) is 0 Å². The Kier molecular flexibility index (Phi) is 3.90. The van der Waals surface area contributed by atoms with E-state index < -0.39 is 10.0 Å². The Bertz CT molecular complexity index is 619. The molecule has 6 heteroatoms. The Morgan fingerprint density at radius 3 is 2.84 bits per heavy atom. The highest BCUT2D eigenvalue weighted by molar-refractivity contribution is 7.89. The minimum atomic E-state index is -3.51. The fraction of sp³-hybridized carbons (Fsp3) is 0.462. The number of nitrogens with two attached hydrogens (primary N) is 1. The van der Waals surface area contributed by atoms with E-state index in [0.717, 1.165) is 12.8 Å². The van der Waals surface area contributed by atoms with E-state index in [0.29, 0.717) is 24.2 Å². The Morgan fingerprint density at radius 1 is 1.53 bits per heavy atom. The normalized spacial score (nSPS) is 20.4. The summed E-state index contributed by atoms with van der Waals surface area (Å²) in [7, 11) is -3.51. The van der Waals surface area contributed by atoms with Crippen LogP contribution in [0.15, 0.2) is 23.1 Å². The maximum atomic E-state index is 12.6. The average molecular weight is 279 g/mol. The molecule has 0 aliphatic carbocycles. The van der Waals surface area contributed by atoms with Gasteiger partial charge < -0.3 is 5.73 Å². The van der Waals surface area contributed by atoms with Crippen molar-refractivity contribution in [1.82, 2.24) is 4.31 Å². The highest BCUT2D eigenvalue weighted by Gasteiger charge is 2.35. The van der Waals surface area contributed by atoms with Gasteiger partial charge in [0.1, 0.15) is 0 Å². The van der Waals surface area contributed by atoms with Crippen LogP contribution in [0.25, 0.3) is 0 Å². The summed E-state index contributed by atoms with van der Waals surface area (Å²) in [6.45, 7) is 2.57. The highest BCUT2D eigenvalue weighted by atomic mass is 32.2. The molecule has 0 unspecified atom stereocenters. The molecule has 102 valence electrons.